The molecule has 0 radical (unpaired) electrons. The Hall–Kier alpha value is -0.510. The number of morpholine rings is 1. The van der Waals surface area contributed by atoms with Gasteiger partial charge in [0.15, 0.2) is 5.22 Å². The molecule has 0 aliphatic carbocycles. The summed E-state index contributed by atoms with van der Waals surface area (Å²) in [4.78, 5) is 0. The van der Waals surface area contributed by atoms with Crippen LogP contribution in [-0.2, 0) is 4.74 Å². The Bertz CT molecular complexity index is 255. The van der Waals surface area contributed by atoms with Crippen LogP contribution in [0.3, 0.4) is 0 Å². The van der Waals surface area contributed by atoms with E-state index in [1.165, 1.54) is 0 Å². The van der Waals surface area contributed by atoms with Crippen LogP contribution in [0.1, 0.15) is 11.8 Å². The number of furan rings is 1. The molecule has 2 rings (SSSR count). The van der Waals surface area contributed by atoms with Crippen LogP contribution in [0, 0.1) is 0 Å². The summed E-state index contributed by atoms with van der Waals surface area (Å²) in [5, 5.41) is 3.70. The van der Waals surface area contributed by atoms with Gasteiger partial charge < -0.3 is 14.5 Å². The van der Waals surface area contributed by atoms with Crippen molar-refractivity contribution in [2.24, 2.45) is 0 Å². The smallest absolute Gasteiger partial charge is 0.193 e. The summed E-state index contributed by atoms with van der Waals surface area (Å²) in [6.07, 6.45) is 0. The third-order valence-electron chi connectivity index (χ3n) is 1.86. The number of nitrogens with one attached hydrogen (secondary N) is 1. The van der Waals surface area contributed by atoms with Gasteiger partial charge in [-0.05, 0) is 23.7 Å². The zero-order chi connectivity index (χ0) is 8.39. The highest BCUT2D eigenvalue weighted by Gasteiger charge is 2.17. The maximum absolute atomic E-state index is 5.64. The lowest BCUT2D eigenvalue weighted by Crippen LogP contribution is -2.34. The van der Waals surface area contributed by atoms with Crippen molar-refractivity contribution in [3.8, 4) is 0 Å². The van der Waals surface area contributed by atoms with Gasteiger partial charge in [-0.15, -0.1) is 0 Å². The number of ether oxygens (including phenoxy) is 1. The first-order chi connectivity index (χ1) is 5.86. The fourth-order valence-corrected chi connectivity index (χ4v) is 1.42. The zero-order valence-corrected chi connectivity index (χ0v) is 7.30. The Kier molecular flexibility index (Phi) is 2.35. The predicted octanol–water partition coefficient (Wildman–Crippen LogP) is 1.59. The van der Waals surface area contributed by atoms with Crippen molar-refractivity contribution in [1.82, 2.24) is 5.32 Å². The van der Waals surface area contributed by atoms with E-state index in [2.05, 4.69) is 5.32 Å². The lowest BCUT2D eigenvalue weighted by molar-refractivity contribution is 0.0700. The molecule has 3 nitrogen and oxygen atoms in total. The molecule has 1 N–H and O–H groups in total. The van der Waals surface area contributed by atoms with E-state index in [0.717, 1.165) is 18.9 Å². The molecular weight excluding hydrogens is 178 g/mol. The molecule has 2 heterocycles. The van der Waals surface area contributed by atoms with Gasteiger partial charge >= 0.3 is 0 Å². The van der Waals surface area contributed by atoms with E-state index in [1.807, 2.05) is 6.07 Å². The van der Waals surface area contributed by atoms with Gasteiger partial charge in [-0.2, -0.15) is 0 Å². The summed E-state index contributed by atoms with van der Waals surface area (Å²) in [6.45, 7) is 2.29. The summed E-state index contributed by atoms with van der Waals surface area (Å²) in [5.74, 6) is 0.847. The van der Waals surface area contributed by atoms with Gasteiger partial charge in [-0.3, -0.25) is 0 Å². The third-order valence-corrected chi connectivity index (χ3v) is 2.06. The SMILES string of the molecule is Clc1ccc(C2COCCN2)o1. The van der Waals surface area contributed by atoms with Crippen molar-refractivity contribution in [3.63, 3.8) is 0 Å². The first kappa shape index (κ1) is 8.10. The second kappa shape index (κ2) is 3.47. The summed E-state index contributed by atoms with van der Waals surface area (Å²) in [5.41, 5.74) is 0. The highest BCUT2D eigenvalue weighted by molar-refractivity contribution is 6.28. The molecule has 66 valence electrons. The first-order valence-corrected chi connectivity index (χ1v) is 4.30. The van der Waals surface area contributed by atoms with Crippen molar-refractivity contribution in [1.29, 1.82) is 0 Å². The number of hydrogen-bond acceptors (Lipinski definition) is 3. The number of halogens is 1. The maximum atomic E-state index is 5.64. The third kappa shape index (κ3) is 1.63. The highest BCUT2D eigenvalue weighted by Crippen LogP contribution is 2.21. The molecule has 12 heavy (non-hydrogen) atoms. The molecule has 1 saturated heterocycles. The number of rotatable bonds is 1. The van der Waals surface area contributed by atoms with Gasteiger partial charge in [-0.1, -0.05) is 0 Å². The van der Waals surface area contributed by atoms with Gasteiger partial charge in [0.1, 0.15) is 5.76 Å². The Labute approximate surface area is 75.6 Å². The van der Waals surface area contributed by atoms with Crippen LogP contribution in [0.4, 0.5) is 0 Å². The van der Waals surface area contributed by atoms with E-state index in [-0.39, 0.29) is 6.04 Å². The highest BCUT2D eigenvalue weighted by atomic mass is 35.5. The van der Waals surface area contributed by atoms with Crippen molar-refractivity contribution < 1.29 is 9.15 Å². The molecule has 0 amide bonds. The summed E-state index contributed by atoms with van der Waals surface area (Å²) in [6, 6.07) is 3.77. The molecule has 4 heteroatoms. The quantitative estimate of drug-likeness (QED) is 0.725. The van der Waals surface area contributed by atoms with Crippen LogP contribution in [0.2, 0.25) is 5.22 Å². The fraction of sp³-hybridized carbons (Fsp3) is 0.500. The molecule has 1 aromatic heterocycles. The lowest BCUT2D eigenvalue weighted by atomic mass is 10.2. The van der Waals surface area contributed by atoms with Crippen molar-refractivity contribution in [3.05, 3.63) is 23.1 Å². The predicted molar refractivity (Wildman–Crippen MR) is 45.3 cm³/mol. The van der Waals surface area contributed by atoms with E-state index in [1.54, 1.807) is 6.07 Å². The standard InChI is InChI=1S/C8H10ClNO2/c9-8-2-1-7(12-8)6-5-11-4-3-10-6/h1-2,6,10H,3-5H2. The molecule has 0 spiro atoms. The molecule has 1 unspecified atom stereocenters. The average molecular weight is 188 g/mol. The van der Waals surface area contributed by atoms with Crippen LogP contribution >= 0.6 is 11.6 Å². The monoisotopic (exact) mass is 187 g/mol. The Morgan fingerprint density at radius 2 is 2.42 bits per heavy atom. The molecular formula is C8H10ClNO2. The summed E-state index contributed by atoms with van der Waals surface area (Å²) >= 11 is 5.64. The van der Waals surface area contributed by atoms with Gasteiger partial charge in [0.05, 0.1) is 19.3 Å². The van der Waals surface area contributed by atoms with E-state index >= 15 is 0 Å². The van der Waals surface area contributed by atoms with Gasteiger partial charge in [-0.25, -0.2) is 0 Å². The molecule has 0 bridgehead atoms. The zero-order valence-electron chi connectivity index (χ0n) is 6.55. The minimum Gasteiger partial charge on any atom is -0.448 e. The normalized spacial score (nSPS) is 24.2. The van der Waals surface area contributed by atoms with Crippen LogP contribution in [0.25, 0.3) is 0 Å². The van der Waals surface area contributed by atoms with Gasteiger partial charge in [0.25, 0.3) is 0 Å². The van der Waals surface area contributed by atoms with Crippen LogP contribution < -0.4 is 5.32 Å². The van der Waals surface area contributed by atoms with E-state index in [9.17, 15) is 0 Å². The Morgan fingerprint density at radius 1 is 1.50 bits per heavy atom. The average Bonchev–Trinajstić information content (AvgIpc) is 2.54. The Morgan fingerprint density at radius 3 is 3.00 bits per heavy atom. The molecule has 0 aromatic carbocycles. The minimum atomic E-state index is 0.159. The maximum Gasteiger partial charge on any atom is 0.193 e. The van der Waals surface area contributed by atoms with Gasteiger partial charge in [0.2, 0.25) is 0 Å². The molecule has 1 atom stereocenters. The van der Waals surface area contributed by atoms with Crippen molar-refractivity contribution in [2.45, 2.75) is 6.04 Å². The van der Waals surface area contributed by atoms with Crippen LogP contribution in [-0.4, -0.2) is 19.8 Å². The topological polar surface area (TPSA) is 34.4 Å². The summed E-state index contributed by atoms with van der Waals surface area (Å²) < 4.78 is 10.5. The Balaban J connectivity index is 2.08. The molecule has 0 saturated carbocycles. The summed E-state index contributed by atoms with van der Waals surface area (Å²) in [7, 11) is 0. The van der Waals surface area contributed by atoms with Crippen molar-refractivity contribution in [2.75, 3.05) is 19.8 Å². The largest absolute Gasteiger partial charge is 0.448 e. The van der Waals surface area contributed by atoms with Crippen LogP contribution in [0.15, 0.2) is 16.5 Å². The van der Waals surface area contributed by atoms with Crippen LogP contribution in [0.5, 0.6) is 0 Å². The molecule has 1 fully saturated rings. The molecule has 1 aliphatic heterocycles. The van der Waals surface area contributed by atoms with Crippen molar-refractivity contribution >= 4 is 11.6 Å². The van der Waals surface area contributed by atoms with E-state index in [0.29, 0.717) is 11.8 Å². The minimum absolute atomic E-state index is 0.159. The van der Waals surface area contributed by atoms with Gasteiger partial charge in [0, 0.05) is 6.54 Å². The first-order valence-electron chi connectivity index (χ1n) is 3.92. The lowest BCUT2D eigenvalue weighted by Gasteiger charge is -2.21. The van der Waals surface area contributed by atoms with E-state index in [4.69, 9.17) is 20.8 Å². The number of hydrogen-bond donors (Lipinski definition) is 1. The molecule has 1 aliphatic rings. The van der Waals surface area contributed by atoms with E-state index < -0.39 is 0 Å². The second-order valence-corrected chi connectivity index (χ2v) is 3.10. The fourth-order valence-electron chi connectivity index (χ4n) is 1.26. The molecule has 1 aromatic rings. The second-order valence-electron chi connectivity index (χ2n) is 2.72.